The Morgan fingerprint density at radius 3 is 2.65 bits per heavy atom. The van der Waals surface area contributed by atoms with Crippen LogP contribution >= 0.6 is 0 Å². The maximum absolute atomic E-state index is 13.9. The summed E-state index contributed by atoms with van der Waals surface area (Å²) >= 11 is 0. The molecule has 0 saturated heterocycles. The van der Waals surface area contributed by atoms with Gasteiger partial charge in [0.05, 0.1) is 11.6 Å². The Labute approximate surface area is 116 Å². The monoisotopic (exact) mass is 274 g/mol. The predicted molar refractivity (Wildman–Crippen MR) is 74.3 cm³/mol. The van der Waals surface area contributed by atoms with E-state index < -0.39 is 11.7 Å². The third-order valence-corrected chi connectivity index (χ3v) is 2.92. The number of carbonyl (C=O) groups is 1. The van der Waals surface area contributed by atoms with E-state index in [0.717, 1.165) is 5.56 Å². The summed E-state index contributed by atoms with van der Waals surface area (Å²) in [5.41, 5.74) is 2.95. The average molecular weight is 274 g/mol. The lowest BCUT2D eigenvalue weighted by molar-refractivity contribution is 0.0936. The lowest BCUT2D eigenvalue weighted by Crippen LogP contribution is -2.28. The smallest absolute Gasteiger partial charge is 0.254 e. The first kappa shape index (κ1) is 14.0. The zero-order chi connectivity index (χ0) is 14.5. The summed E-state index contributed by atoms with van der Waals surface area (Å²) in [4.78, 5) is 15.8. The van der Waals surface area contributed by atoms with Gasteiger partial charge in [-0.1, -0.05) is 30.3 Å². The van der Waals surface area contributed by atoms with Crippen molar-refractivity contribution < 1.29 is 9.18 Å². The minimum absolute atomic E-state index is 0.101. The zero-order valence-corrected chi connectivity index (χ0v) is 10.9. The van der Waals surface area contributed by atoms with E-state index in [-0.39, 0.29) is 17.4 Å². The van der Waals surface area contributed by atoms with E-state index in [1.807, 2.05) is 37.3 Å². The van der Waals surface area contributed by atoms with E-state index in [1.54, 1.807) is 0 Å². The van der Waals surface area contributed by atoms with Crippen molar-refractivity contribution in [1.82, 2.24) is 10.3 Å². The number of rotatable bonds is 4. The minimum Gasteiger partial charge on any atom is -0.345 e. The van der Waals surface area contributed by atoms with Gasteiger partial charge in [0, 0.05) is 6.20 Å². The van der Waals surface area contributed by atoms with Crippen molar-refractivity contribution >= 4 is 11.7 Å². The van der Waals surface area contributed by atoms with Crippen molar-refractivity contribution in [2.45, 2.75) is 13.0 Å². The molecule has 0 radical (unpaired) electrons. The SMILES string of the molecule is CC(NC(=O)c1ccnc(NN)c1F)c1ccccc1. The molecule has 0 spiro atoms. The van der Waals surface area contributed by atoms with Crippen LogP contribution in [0.5, 0.6) is 0 Å². The van der Waals surface area contributed by atoms with Gasteiger partial charge in [-0.3, -0.25) is 4.79 Å². The molecule has 0 aliphatic heterocycles. The van der Waals surface area contributed by atoms with Crippen LogP contribution in [-0.2, 0) is 0 Å². The van der Waals surface area contributed by atoms with Crippen LogP contribution in [0.2, 0.25) is 0 Å². The Bertz CT molecular complexity index is 603. The van der Waals surface area contributed by atoms with Crippen molar-refractivity contribution in [2.24, 2.45) is 5.84 Å². The number of hydrogen-bond acceptors (Lipinski definition) is 4. The number of anilines is 1. The number of pyridine rings is 1. The summed E-state index contributed by atoms with van der Waals surface area (Å²) in [7, 11) is 0. The Hall–Kier alpha value is -2.47. The highest BCUT2D eigenvalue weighted by Crippen LogP contribution is 2.16. The molecule has 1 aromatic carbocycles. The van der Waals surface area contributed by atoms with E-state index >= 15 is 0 Å². The van der Waals surface area contributed by atoms with E-state index in [0.29, 0.717) is 0 Å². The van der Waals surface area contributed by atoms with Crippen LogP contribution in [0.4, 0.5) is 10.2 Å². The summed E-state index contributed by atoms with van der Waals surface area (Å²) < 4.78 is 13.9. The van der Waals surface area contributed by atoms with Crippen molar-refractivity contribution in [3.63, 3.8) is 0 Å². The van der Waals surface area contributed by atoms with Crippen LogP contribution in [0.3, 0.4) is 0 Å². The van der Waals surface area contributed by atoms with Crippen LogP contribution in [-0.4, -0.2) is 10.9 Å². The largest absolute Gasteiger partial charge is 0.345 e. The molecule has 2 aromatic rings. The Morgan fingerprint density at radius 2 is 2.00 bits per heavy atom. The summed E-state index contributed by atoms with van der Waals surface area (Å²) in [6.07, 6.45) is 1.32. The molecular weight excluding hydrogens is 259 g/mol. The topological polar surface area (TPSA) is 80.0 Å². The Balaban J connectivity index is 2.17. The number of amides is 1. The lowest BCUT2D eigenvalue weighted by Gasteiger charge is -2.15. The fourth-order valence-corrected chi connectivity index (χ4v) is 1.82. The molecule has 1 amide bonds. The first-order valence-electron chi connectivity index (χ1n) is 6.10. The number of nitrogens with one attached hydrogen (secondary N) is 2. The number of aromatic nitrogens is 1. The van der Waals surface area contributed by atoms with Crippen LogP contribution in [0, 0.1) is 5.82 Å². The maximum atomic E-state index is 13.9. The average Bonchev–Trinajstić information content (AvgIpc) is 2.48. The number of nitrogen functional groups attached to an aromatic ring is 1. The van der Waals surface area contributed by atoms with E-state index in [1.165, 1.54) is 12.3 Å². The number of nitrogens with zero attached hydrogens (tertiary/aromatic N) is 1. The molecule has 4 N–H and O–H groups in total. The molecule has 0 saturated carbocycles. The molecule has 20 heavy (non-hydrogen) atoms. The van der Waals surface area contributed by atoms with Gasteiger partial charge >= 0.3 is 0 Å². The van der Waals surface area contributed by atoms with Gasteiger partial charge in [0.25, 0.3) is 5.91 Å². The second-order valence-corrected chi connectivity index (χ2v) is 4.27. The summed E-state index contributed by atoms with van der Waals surface area (Å²) in [5.74, 6) is 3.68. The van der Waals surface area contributed by atoms with Gasteiger partial charge in [-0.2, -0.15) is 0 Å². The second kappa shape index (κ2) is 6.12. The summed E-state index contributed by atoms with van der Waals surface area (Å²) in [6.45, 7) is 1.83. The van der Waals surface area contributed by atoms with Gasteiger partial charge in [-0.15, -0.1) is 0 Å². The Kier molecular flexibility index (Phi) is 4.27. The minimum atomic E-state index is -0.771. The van der Waals surface area contributed by atoms with Gasteiger partial charge in [-0.25, -0.2) is 15.2 Å². The van der Waals surface area contributed by atoms with E-state index in [2.05, 4.69) is 15.7 Å². The van der Waals surface area contributed by atoms with Crippen LogP contribution in [0.25, 0.3) is 0 Å². The molecule has 6 heteroatoms. The number of halogens is 1. The van der Waals surface area contributed by atoms with Gasteiger partial charge in [0.1, 0.15) is 0 Å². The molecule has 0 fully saturated rings. The van der Waals surface area contributed by atoms with Crippen LogP contribution in [0.15, 0.2) is 42.6 Å². The van der Waals surface area contributed by atoms with Crippen molar-refractivity contribution in [2.75, 3.05) is 5.43 Å². The first-order chi connectivity index (χ1) is 9.63. The zero-order valence-electron chi connectivity index (χ0n) is 10.9. The highest BCUT2D eigenvalue weighted by atomic mass is 19.1. The summed E-state index contributed by atoms with van der Waals surface area (Å²) in [6, 6.07) is 10.5. The quantitative estimate of drug-likeness (QED) is 0.588. The standard InChI is InChI=1S/C14H15FN4O/c1-9(10-5-3-2-4-6-10)18-14(20)11-7-8-17-13(19-16)12(11)15/h2-9H,16H2,1H3,(H,17,19)(H,18,20). The number of carbonyl (C=O) groups excluding carboxylic acids is 1. The second-order valence-electron chi connectivity index (χ2n) is 4.27. The molecule has 0 aliphatic carbocycles. The summed E-state index contributed by atoms with van der Waals surface area (Å²) in [5, 5.41) is 2.73. The predicted octanol–water partition coefficient (Wildman–Crippen LogP) is 2.00. The molecule has 1 aromatic heterocycles. The molecule has 1 unspecified atom stereocenters. The van der Waals surface area contributed by atoms with Crippen molar-refractivity contribution in [1.29, 1.82) is 0 Å². The lowest BCUT2D eigenvalue weighted by atomic mass is 10.1. The first-order valence-corrected chi connectivity index (χ1v) is 6.10. The fourth-order valence-electron chi connectivity index (χ4n) is 1.82. The molecule has 104 valence electrons. The molecule has 1 atom stereocenters. The van der Waals surface area contributed by atoms with Gasteiger partial charge < -0.3 is 10.7 Å². The van der Waals surface area contributed by atoms with Gasteiger partial charge in [-0.05, 0) is 18.6 Å². The van der Waals surface area contributed by atoms with Crippen molar-refractivity contribution in [3.8, 4) is 0 Å². The highest BCUT2D eigenvalue weighted by Gasteiger charge is 2.17. The number of benzene rings is 1. The maximum Gasteiger partial charge on any atom is 0.254 e. The fraction of sp³-hybridized carbons (Fsp3) is 0.143. The third kappa shape index (κ3) is 2.92. The third-order valence-electron chi connectivity index (χ3n) is 2.92. The highest BCUT2D eigenvalue weighted by molar-refractivity contribution is 5.95. The van der Waals surface area contributed by atoms with E-state index in [9.17, 15) is 9.18 Å². The van der Waals surface area contributed by atoms with Gasteiger partial charge in [0.2, 0.25) is 0 Å². The molecule has 1 heterocycles. The van der Waals surface area contributed by atoms with Crippen LogP contribution < -0.4 is 16.6 Å². The van der Waals surface area contributed by atoms with Crippen LogP contribution in [0.1, 0.15) is 28.9 Å². The van der Waals surface area contributed by atoms with Crippen molar-refractivity contribution in [3.05, 3.63) is 59.5 Å². The number of nitrogens with two attached hydrogens (primary N) is 1. The Morgan fingerprint density at radius 1 is 1.30 bits per heavy atom. The number of hydrazine groups is 1. The van der Waals surface area contributed by atoms with Gasteiger partial charge in [0.15, 0.2) is 11.6 Å². The molecule has 2 rings (SSSR count). The normalized spacial score (nSPS) is 11.8. The number of hydrogen-bond donors (Lipinski definition) is 3. The van der Waals surface area contributed by atoms with E-state index in [4.69, 9.17) is 5.84 Å². The molecule has 0 bridgehead atoms. The molecule has 0 aliphatic rings. The molecule has 5 nitrogen and oxygen atoms in total. The molecular formula is C14H15FN4O.